The van der Waals surface area contributed by atoms with Crippen molar-refractivity contribution in [3.63, 3.8) is 0 Å². The maximum Gasteiger partial charge on any atom is 0.306 e. The van der Waals surface area contributed by atoms with E-state index >= 15 is 0 Å². The molecule has 2 N–H and O–H groups in total. The summed E-state index contributed by atoms with van der Waals surface area (Å²) in [5.74, 6) is -1.23. The fraction of sp³-hybridized carbons (Fsp3) is 0.615. The van der Waals surface area contributed by atoms with Crippen LogP contribution in [0.5, 0.6) is 0 Å². The van der Waals surface area contributed by atoms with Crippen molar-refractivity contribution >= 4 is 11.9 Å². The fourth-order valence-corrected chi connectivity index (χ4v) is 1.69. The molecular formula is C13H20N2O4. The van der Waals surface area contributed by atoms with Crippen LogP contribution in [0.15, 0.2) is 10.6 Å². The number of rotatable bonds is 7. The van der Waals surface area contributed by atoms with Crippen molar-refractivity contribution in [1.29, 1.82) is 0 Å². The number of hydrogen-bond acceptors (Lipinski definition) is 4. The van der Waals surface area contributed by atoms with E-state index in [-0.39, 0.29) is 23.6 Å². The first kappa shape index (κ1) is 15.2. The first-order valence-corrected chi connectivity index (χ1v) is 6.37. The predicted molar refractivity (Wildman–Crippen MR) is 68.8 cm³/mol. The highest BCUT2D eigenvalue weighted by atomic mass is 16.5. The van der Waals surface area contributed by atoms with Crippen LogP contribution in [-0.2, 0) is 4.79 Å². The van der Waals surface area contributed by atoms with Crippen LogP contribution in [0.4, 0.5) is 0 Å². The Labute approximate surface area is 112 Å². The van der Waals surface area contributed by atoms with E-state index in [0.717, 1.165) is 12.8 Å². The summed E-state index contributed by atoms with van der Waals surface area (Å²) in [4.78, 5) is 22.4. The minimum Gasteiger partial charge on any atom is -0.481 e. The molecule has 1 rings (SSSR count). The molecule has 0 aliphatic carbocycles. The second-order valence-corrected chi connectivity index (χ2v) is 4.88. The number of aromatic nitrogens is 1. The molecular weight excluding hydrogens is 248 g/mol. The van der Waals surface area contributed by atoms with Crippen LogP contribution in [0.2, 0.25) is 0 Å². The molecule has 2 unspecified atom stereocenters. The minimum atomic E-state index is -0.783. The van der Waals surface area contributed by atoms with Gasteiger partial charge in [0.2, 0.25) is 5.76 Å². The van der Waals surface area contributed by atoms with Crippen LogP contribution in [0, 0.1) is 12.8 Å². The summed E-state index contributed by atoms with van der Waals surface area (Å²) in [6, 6.07) is 1.55. The molecule has 0 saturated carbocycles. The first-order valence-electron chi connectivity index (χ1n) is 6.37. The lowest BCUT2D eigenvalue weighted by molar-refractivity contribution is -0.141. The van der Waals surface area contributed by atoms with E-state index in [4.69, 9.17) is 9.63 Å². The summed E-state index contributed by atoms with van der Waals surface area (Å²) in [6.45, 7) is 5.31. The zero-order valence-electron chi connectivity index (χ0n) is 11.5. The SMILES string of the molecule is Cc1cc(C(=O)NC(C)CCCC(C)C(=O)O)on1. The molecule has 0 spiro atoms. The molecule has 19 heavy (non-hydrogen) atoms. The Morgan fingerprint density at radius 1 is 1.42 bits per heavy atom. The van der Waals surface area contributed by atoms with Gasteiger partial charge in [-0.15, -0.1) is 0 Å². The van der Waals surface area contributed by atoms with E-state index in [0.29, 0.717) is 12.1 Å². The van der Waals surface area contributed by atoms with E-state index in [1.807, 2.05) is 6.92 Å². The molecule has 0 aliphatic rings. The average Bonchev–Trinajstić information content (AvgIpc) is 2.75. The maximum absolute atomic E-state index is 11.7. The topological polar surface area (TPSA) is 92.4 Å². The van der Waals surface area contributed by atoms with Crippen molar-refractivity contribution in [2.24, 2.45) is 5.92 Å². The largest absolute Gasteiger partial charge is 0.481 e. The van der Waals surface area contributed by atoms with Gasteiger partial charge >= 0.3 is 5.97 Å². The number of carboxylic acids is 1. The molecule has 1 aromatic heterocycles. The second kappa shape index (κ2) is 6.92. The number of carbonyl (C=O) groups is 2. The fourth-order valence-electron chi connectivity index (χ4n) is 1.69. The number of nitrogens with one attached hydrogen (secondary N) is 1. The summed E-state index contributed by atoms with van der Waals surface area (Å²) in [5, 5.41) is 15.2. The lowest BCUT2D eigenvalue weighted by atomic mass is 10.0. The van der Waals surface area contributed by atoms with E-state index in [2.05, 4.69) is 10.5 Å². The minimum absolute atomic E-state index is 0.0288. The van der Waals surface area contributed by atoms with Gasteiger partial charge in [-0.2, -0.15) is 0 Å². The Hall–Kier alpha value is -1.85. The van der Waals surface area contributed by atoms with Gasteiger partial charge in [-0.3, -0.25) is 9.59 Å². The number of carbonyl (C=O) groups excluding carboxylic acids is 1. The van der Waals surface area contributed by atoms with E-state index in [9.17, 15) is 9.59 Å². The monoisotopic (exact) mass is 268 g/mol. The molecule has 0 radical (unpaired) electrons. The highest BCUT2D eigenvalue weighted by molar-refractivity contribution is 5.91. The molecule has 1 amide bonds. The second-order valence-electron chi connectivity index (χ2n) is 4.88. The highest BCUT2D eigenvalue weighted by Gasteiger charge is 2.15. The molecule has 0 saturated heterocycles. The van der Waals surface area contributed by atoms with Crippen LogP contribution < -0.4 is 5.32 Å². The third kappa shape index (κ3) is 5.11. The van der Waals surface area contributed by atoms with Crippen LogP contribution in [0.25, 0.3) is 0 Å². The van der Waals surface area contributed by atoms with Crippen molar-refractivity contribution in [1.82, 2.24) is 10.5 Å². The van der Waals surface area contributed by atoms with Crippen LogP contribution in [-0.4, -0.2) is 28.2 Å². The Morgan fingerprint density at radius 3 is 2.63 bits per heavy atom. The Kier molecular flexibility index (Phi) is 5.54. The molecule has 106 valence electrons. The zero-order valence-corrected chi connectivity index (χ0v) is 11.5. The van der Waals surface area contributed by atoms with Crippen LogP contribution >= 0.6 is 0 Å². The Morgan fingerprint density at radius 2 is 2.11 bits per heavy atom. The maximum atomic E-state index is 11.7. The van der Waals surface area contributed by atoms with Crippen LogP contribution in [0.3, 0.4) is 0 Å². The quantitative estimate of drug-likeness (QED) is 0.789. The zero-order chi connectivity index (χ0) is 14.4. The standard InChI is InChI=1S/C13H20N2O4/c1-8(13(17)18)5-4-6-9(2)14-12(16)11-7-10(3)15-19-11/h7-9H,4-6H2,1-3H3,(H,14,16)(H,17,18). The van der Waals surface area contributed by atoms with Gasteiger partial charge in [-0.05, 0) is 26.7 Å². The molecule has 6 nitrogen and oxygen atoms in total. The Balaban J connectivity index is 2.29. The van der Waals surface area contributed by atoms with E-state index < -0.39 is 5.97 Å². The van der Waals surface area contributed by atoms with E-state index in [1.165, 1.54) is 0 Å². The van der Waals surface area contributed by atoms with E-state index in [1.54, 1.807) is 19.9 Å². The van der Waals surface area contributed by atoms with Gasteiger partial charge in [-0.1, -0.05) is 18.5 Å². The van der Waals surface area contributed by atoms with Crippen molar-refractivity contribution in [2.45, 2.75) is 46.1 Å². The van der Waals surface area contributed by atoms with Gasteiger partial charge < -0.3 is 14.9 Å². The van der Waals surface area contributed by atoms with Gasteiger partial charge in [-0.25, -0.2) is 0 Å². The van der Waals surface area contributed by atoms with Gasteiger partial charge in [0.05, 0.1) is 11.6 Å². The lowest BCUT2D eigenvalue weighted by Gasteiger charge is -2.13. The molecule has 0 bridgehead atoms. The lowest BCUT2D eigenvalue weighted by Crippen LogP contribution is -2.32. The normalized spacial score (nSPS) is 13.8. The summed E-state index contributed by atoms with van der Waals surface area (Å²) >= 11 is 0. The van der Waals surface area contributed by atoms with Crippen molar-refractivity contribution in [2.75, 3.05) is 0 Å². The van der Waals surface area contributed by atoms with Gasteiger partial charge in [0.1, 0.15) is 0 Å². The summed E-state index contributed by atoms with van der Waals surface area (Å²) in [5.41, 5.74) is 0.660. The van der Waals surface area contributed by atoms with Crippen molar-refractivity contribution < 1.29 is 19.2 Å². The average molecular weight is 268 g/mol. The molecule has 6 heteroatoms. The highest BCUT2D eigenvalue weighted by Crippen LogP contribution is 2.10. The summed E-state index contributed by atoms with van der Waals surface area (Å²) in [7, 11) is 0. The number of amides is 1. The smallest absolute Gasteiger partial charge is 0.306 e. The Bertz CT molecular complexity index is 442. The van der Waals surface area contributed by atoms with Gasteiger partial charge in [0, 0.05) is 12.1 Å². The third-order valence-corrected chi connectivity index (χ3v) is 2.93. The number of hydrogen-bond donors (Lipinski definition) is 2. The third-order valence-electron chi connectivity index (χ3n) is 2.93. The molecule has 0 fully saturated rings. The van der Waals surface area contributed by atoms with Gasteiger partial charge in [0.15, 0.2) is 0 Å². The number of carboxylic acid groups (broad SMARTS) is 1. The van der Waals surface area contributed by atoms with Crippen molar-refractivity contribution in [3.8, 4) is 0 Å². The number of aryl methyl sites for hydroxylation is 1. The van der Waals surface area contributed by atoms with Crippen molar-refractivity contribution in [3.05, 3.63) is 17.5 Å². The molecule has 1 heterocycles. The molecule has 2 atom stereocenters. The number of nitrogens with zero attached hydrogens (tertiary/aromatic N) is 1. The summed E-state index contributed by atoms with van der Waals surface area (Å²) in [6.07, 6.45) is 2.10. The van der Waals surface area contributed by atoms with Crippen LogP contribution in [0.1, 0.15) is 49.4 Å². The molecule has 0 aromatic carbocycles. The molecule has 1 aromatic rings. The summed E-state index contributed by atoms with van der Waals surface area (Å²) < 4.78 is 4.86. The first-order chi connectivity index (χ1) is 8.90. The number of aliphatic carboxylic acids is 1. The predicted octanol–water partition coefficient (Wildman–Crippen LogP) is 1.99. The molecule has 0 aliphatic heterocycles. The van der Waals surface area contributed by atoms with Gasteiger partial charge in [0.25, 0.3) is 5.91 Å².